The van der Waals surface area contributed by atoms with Crippen molar-refractivity contribution < 1.29 is 30.8 Å². The van der Waals surface area contributed by atoms with Gasteiger partial charge in [-0.05, 0) is 24.3 Å². The number of nitrogens with zero attached hydrogens (tertiary/aromatic N) is 3. The zero-order valence-corrected chi connectivity index (χ0v) is 17.3. The molecule has 0 unspecified atom stereocenters. The molecule has 1 fully saturated rings. The Labute approximate surface area is 181 Å². The Morgan fingerprint density at radius 2 is 1.75 bits per heavy atom. The molecule has 12 heteroatoms. The van der Waals surface area contributed by atoms with Gasteiger partial charge in [0.25, 0.3) is 5.91 Å². The summed E-state index contributed by atoms with van der Waals surface area (Å²) < 4.78 is 68.2. The first-order valence-corrected chi connectivity index (χ1v) is 11.3. The first-order chi connectivity index (χ1) is 15.1. The zero-order valence-electron chi connectivity index (χ0n) is 16.5. The van der Waals surface area contributed by atoms with Crippen LogP contribution in [-0.2, 0) is 16.0 Å². The van der Waals surface area contributed by atoms with Crippen LogP contribution in [0.2, 0.25) is 0 Å². The normalized spacial score (nSPS) is 16.0. The van der Waals surface area contributed by atoms with Crippen molar-refractivity contribution in [2.75, 3.05) is 34.8 Å². The molecule has 1 saturated heterocycles. The Bertz CT molecular complexity index is 1210. The average Bonchev–Trinajstić information content (AvgIpc) is 3.22. The molecule has 8 nitrogen and oxygen atoms in total. The number of halogens is 3. The number of pyridine rings is 1. The van der Waals surface area contributed by atoms with Gasteiger partial charge in [-0.25, -0.2) is 18.4 Å². The highest BCUT2D eigenvalue weighted by Gasteiger charge is 2.42. The minimum absolute atomic E-state index is 0.0172. The second-order valence-electron chi connectivity index (χ2n) is 7.06. The lowest BCUT2D eigenvalue weighted by molar-refractivity contribution is -0.153. The van der Waals surface area contributed by atoms with E-state index in [0.29, 0.717) is 11.4 Å². The second kappa shape index (κ2) is 8.26. The van der Waals surface area contributed by atoms with Crippen molar-refractivity contribution in [3.63, 3.8) is 0 Å². The summed E-state index contributed by atoms with van der Waals surface area (Å²) in [5, 5.41) is 2.34. The predicted octanol–water partition coefficient (Wildman–Crippen LogP) is 3.24. The molecular formula is C20H17F3N4O4S. The van der Waals surface area contributed by atoms with Gasteiger partial charge in [-0.3, -0.25) is 4.79 Å². The number of nitrogens with one attached hydrogen (secondary N) is 1. The van der Waals surface area contributed by atoms with E-state index >= 15 is 0 Å². The highest BCUT2D eigenvalue weighted by Crippen LogP contribution is 2.35. The number of hydrogen-bond donors (Lipinski definition) is 1. The summed E-state index contributed by atoms with van der Waals surface area (Å²) in [5.41, 5.74) is -0.436. The van der Waals surface area contributed by atoms with Crippen LogP contribution >= 0.6 is 0 Å². The van der Waals surface area contributed by atoms with Gasteiger partial charge in [0.15, 0.2) is 15.5 Å². The molecule has 0 radical (unpaired) electrons. The summed E-state index contributed by atoms with van der Waals surface area (Å²) in [4.78, 5) is 22.3. The van der Waals surface area contributed by atoms with Crippen LogP contribution in [0.4, 0.5) is 24.7 Å². The van der Waals surface area contributed by atoms with E-state index in [2.05, 4.69) is 15.3 Å². The largest absolute Gasteiger partial charge is 0.452 e. The van der Waals surface area contributed by atoms with Crippen LogP contribution in [-0.4, -0.2) is 48.9 Å². The van der Waals surface area contributed by atoms with Gasteiger partial charge in [0.2, 0.25) is 11.7 Å². The quantitative estimate of drug-likeness (QED) is 0.629. The van der Waals surface area contributed by atoms with Gasteiger partial charge in [-0.2, -0.15) is 13.2 Å². The molecule has 1 amide bonds. The molecule has 1 aromatic carbocycles. The number of anilines is 2. The Hall–Kier alpha value is -3.41. The fourth-order valence-corrected chi connectivity index (χ4v) is 4.35. The van der Waals surface area contributed by atoms with Gasteiger partial charge in [-0.1, -0.05) is 18.2 Å². The molecule has 32 heavy (non-hydrogen) atoms. The maximum atomic E-state index is 13.4. The van der Waals surface area contributed by atoms with Gasteiger partial charge in [0.1, 0.15) is 5.82 Å². The molecule has 1 aliphatic rings. The number of benzene rings is 1. The highest BCUT2D eigenvalue weighted by molar-refractivity contribution is 7.91. The molecule has 0 aliphatic carbocycles. The van der Waals surface area contributed by atoms with E-state index in [0.717, 1.165) is 0 Å². The fourth-order valence-electron chi connectivity index (χ4n) is 3.15. The van der Waals surface area contributed by atoms with E-state index < -0.39 is 33.4 Å². The second-order valence-corrected chi connectivity index (χ2v) is 9.36. The first kappa shape index (κ1) is 21.8. The number of aromatic nitrogens is 2. The van der Waals surface area contributed by atoms with E-state index in [9.17, 15) is 26.4 Å². The Balaban J connectivity index is 1.53. The lowest BCUT2D eigenvalue weighted by atomic mass is 10.2. The smallest absolute Gasteiger partial charge is 0.431 e. The van der Waals surface area contributed by atoms with Crippen LogP contribution in [0, 0.1) is 0 Å². The fraction of sp³-hybridized carbons (Fsp3) is 0.250. The monoisotopic (exact) mass is 466 g/mol. The Morgan fingerprint density at radius 1 is 1.06 bits per heavy atom. The van der Waals surface area contributed by atoms with Crippen LogP contribution < -0.4 is 10.2 Å². The van der Waals surface area contributed by atoms with Crippen molar-refractivity contribution in [2.24, 2.45) is 0 Å². The molecular weight excluding hydrogens is 449 g/mol. The maximum absolute atomic E-state index is 13.4. The summed E-state index contributed by atoms with van der Waals surface area (Å²) in [6.45, 7) is 0.578. The van der Waals surface area contributed by atoms with E-state index in [1.807, 2.05) is 0 Å². The molecule has 0 bridgehead atoms. The third-order valence-electron chi connectivity index (χ3n) is 4.79. The Kier molecular flexibility index (Phi) is 5.63. The SMILES string of the molecule is O=C(Nc1ccc(N2CCS(=O)(=O)CC2)nc1)c1nc(-c2ccccc2)oc1C(F)(F)F. The topological polar surface area (TPSA) is 105 Å². The number of alkyl halides is 3. The van der Waals surface area contributed by atoms with E-state index in [1.54, 1.807) is 29.2 Å². The molecule has 0 spiro atoms. The van der Waals surface area contributed by atoms with Gasteiger partial charge < -0.3 is 14.6 Å². The van der Waals surface area contributed by atoms with Crippen LogP contribution in [0.25, 0.3) is 11.5 Å². The third kappa shape index (κ3) is 4.74. The lowest BCUT2D eigenvalue weighted by Gasteiger charge is -2.27. The number of carbonyl (C=O) groups is 1. The van der Waals surface area contributed by atoms with Crippen LogP contribution in [0.15, 0.2) is 53.1 Å². The molecule has 0 saturated carbocycles. The molecule has 168 valence electrons. The molecule has 3 heterocycles. The van der Waals surface area contributed by atoms with Crippen molar-refractivity contribution >= 4 is 27.2 Å². The van der Waals surface area contributed by atoms with Crippen LogP contribution in [0.3, 0.4) is 0 Å². The van der Waals surface area contributed by atoms with Gasteiger partial charge in [0, 0.05) is 18.7 Å². The van der Waals surface area contributed by atoms with E-state index in [-0.39, 0.29) is 36.2 Å². The van der Waals surface area contributed by atoms with Crippen molar-refractivity contribution in [1.82, 2.24) is 9.97 Å². The summed E-state index contributed by atoms with van der Waals surface area (Å²) in [6.07, 6.45) is -3.63. The summed E-state index contributed by atoms with van der Waals surface area (Å²) in [5.74, 6) is -2.37. The first-order valence-electron chi connectivity index (χ1n) is 9.49. The number of oxazole rings is 1. The molecule has 4 rings (SSSR count). The van der Waals surface area contributed by atoms with E-state index in [1.165, 1.54) is 24.4 Å². The highest BCUT2D eigenvalue weighted by atomic mass is 32.2. The minimum Gasteiger partial charge on any atom is -0.431 e. The number of rotatable bonds is 4. The van der Waals surface area contributed by atoms with Crippen molar-refractivity contribution in [3.8, 4) is 11.5 Å². The maximum Gasteiger partial charge on any atom is 0.452 e. The summed E-state index contributed by atoms with van der Waals surface area (Å²) in [7, 11) is -3.05. The number of amides is 1. The van der Waals surface area contributed by atoms with Crippen molar-refractivity contribution in [2.45, 2.75) is 6.18 Å². The standard InChI is InChI=1S/C20H17F3N4O4S/c21-20(22,23)17-16(26-19(31-17)13-4-2-1-3-5-13)18(28)25-14-6-7-15(24-12-14)27-8-10-32(29,30)11-9-27/h1-7,12H,8-11H2,(H,25,28). The third-order valence-corrected chi connectivity index (χ3v) is 6.40. The molecule has 0 atom stereocenters. The van der Waals surface area contributed by atoms with Gasteiger partial charge in [-0.15, -0.1) is 0 Å². The minimum atomic E-state index is -4.91. The lowest BCUT2D eigenvalue weighted by Crippen LogP contribution is -2.40. The number of carbonyl (C=O) groups excluding carboxylic acids is 1. The Morgan fingerprint density at radius 3 is 2.34 bits per heavy atom. The molecule has 1 aliphatic heterocycles. The number of hydrogen-bond acceptors (Lipinski definition) is 7. The van der Waals surface area contributed by atoms with E-state index in [4.69, 9.17) is 4.42 Å². The average molecular weight is 466 g/mol. The van der Waals surface area contributed by atoms with Crippen molar-refractivity contribution in [1.29, 1.82) is 0 Å². The summed E-state index contributed by atoms with van der Waals surface area (Å²) in [6, 6.07) is 11.0. The molecule has 3 aromatic rings. The van der Waals surface area contributed by atoms with Gasteiger partial charge >= 0.3 is 6.18 Å². The molecule has 1 N–H and O–H groups in total. The van der Waals surface area contributed by atoms with Crippen LogP contribution in [0.1, 0.15) is 16.2 Å². The van der Waals surface area contributed by atoms with Gasteiger partial charge in [0.05, 0.1) is 23.4 Å². The zero-order chi connectivity index (χ0) is 22.9. The number of sulfone groups is 1. The molecule has 2 aromatic heterocycles. The summed E-state index contributed by atoms with van der Waals surface area (Å²) >= 11 is 0. The predicted molar refractivity (Wildman–Crippen MR) is 110 cm³/mol. The van der Waals surface area contributed by atoms with Crippen LogP contribution in [0.5, 0.6) is 0 Å². The van der Waals surface area contributed by atoms with Crippen molar-refractivity contribution in [3.05, 3.63) is 60.1 Å².